The first kappa shape index (κ1) is 18.6. The lowest BCUT2D eigenvalue weighted by atomic mass is 9.99. The number of hydrogen-bond donors (Lipinski definition) is 3. The smallest absolute Gasteiger partial charge is 0.319 e. The summed E-state index contributed by atoms with van der Waals surface area (Å²) in [6.07, 6.45) is 0. The Morgan fingerprint density at radius 3 is 2.48 bits per heavy atom. The molecule has 0 radical (unpaired) electrons. The van der Waals surface area contributed by atoms with Gasteiger partial charge in [0.2, 0.25) is 11.5 Å². The highest BCUT2D eigenvalue weighted by Gasteiger charge is 2.26. The summed E-state index contributed by atoms with van der Waals surface area (Å²) in [6, 6.07) is 13.6. The summed E-state index contributed by atoms with van der Waals surface area (Å²) in [7, 11) is 0. The molecule has 0 saturated carbocycles. The van der Waals surface area contributed by atoms with Gasteiger partial charge in [-0.15, -0.1) is 19.6 Å². The number of pyridine rings is 1. The van der Waals surface area contributed by atoms with Gasteiger partial charge < -0.3 is 5.73 Å². The SMILES string of the molecule is Cc1cc(-c2c(-c3ccccc3)nc(N)[n+]3c(=O)n(Cc4nn[nH]n4)[nH]c23)cc(C)n1. The lowest BCUT2D eigenvalue weighted by Crippen LogP contribution is -2.44. The van der Waals surface area contributed by atoms with E-state index in [1.807, 2.05) is 56.3 Å². The van der Waals surface area contributed by atoms with Crippen molar-refractivity contribution < 1.29 is 4.40 Å². The van der Waals surface area contributed by atoms with Gasteiger partial charge in [-0.2, -0.15) is 9.90 Å². The lowest BCUT2D eigenvalue weighted by Gasteiger charge is -2.10. The predicted octanol–water partition coefficient (Wildman–Crippen LogP) is 0.800. The van der Waals surface area contributed by atoms with Crippen LogP contribution in [0.5, 0.6) is 0 Å². The van der Waals surface area contributed by atoms with Gasteiger partial charge in [0.25, 0.3) is 0 Å². The van der Waals surface area contributed by atoms with Crippen molar-refractivity contribution in [3.63, 3.8) is 0 Å². The summed E-state index contributed by atoms with van der Waals surface area (Å²) in [5, 5.41) is 16.9. The molecular weight excluding hydrogens is 396 g/mol. The maximum absolute atomic E-state index is 13.1. The Bertz CT molecular complexity index is 1430. The molecule has 0 aliphatic heterocycles. The standard InChI is InChI=1S/C20H18N10O/c1-11-8-14(9-12(2)22-11)16-17(13-6-4-3-5-7-13)23-19(21)30-18(16)26-29(20(30)31)10-15-24-27-28-25-15/h3-9H,10H2,1-2H3,(H3,21,22,23,24,25,26,27,28)/p+1. The van der Waals surface area contributed by atoms with Crippen molar-refractivity contribution in [2.75, 3.05) is 5.73 Å². The number of rotatable bonds is 4. The summed E-state index contributed by atoms with van der Waals surface area (Å²) in [4.78, 5) is 22.2. The van der Waals surface area contributed by atoms with Crippen LogP contribution in [-0.4, -0.2) is 40.4 Å². The van der Waals surface area contributed by atoms with Gasteiger partial charge in [0.15, 0.2) is 0 Å². The summed E-state index contributed by atoms with van der Waals surface area (Å²) in [5.74, 6) is 0.439. The minimum atomic E-state index is -0.381. The molecule has 1 aromatic carbocycles. The van der Waals surface area contributed by atoms with Crippen LogP contribution in [0.25, 0.3) is 28.0 Å². The Morgan fingerprint density at radius 1 is 1.06 bits per heavy atom. The fraction of sp³-hybridized carbons (Fsp3) is 0.150. The molecule has 0 amide bonds. The molecule has 0 atom stereocenters. The number of fused-ring (bicyclic) bond motifs is 1. The number of nitrogens with one attached hydrogen (secondary N) is 2. The minimum absolute atomic E-state index is 0.0771. The number of nitrogen functional groups attached to an aromatic ring is 1. The molecule has 0 bridgehead atoms. The Kier molecular flexibility index (Phi) is 4.28. The van der Waals surface area contributed by atoms with E-state index in [-0.39, 0.29) is 18.2 Å². The van der Waals surface area contributed by atoms with E-state index in [9.17, 15) is 4.79 Å². The molecule has 154 valence electrons. The largest absolute Gasteiger partial charge is 0.428 e. The van der Waals surface area contributed by atoms with E-state index in [2.05, 4.69) is 35.7 Å². The Labute approximate surface area is 175 Å². The second kappa shape index (κ2) is 7.13. The third-order valence-electron chi connectivity index (χ3n) is 4.92. The van der Waals surface area contributed by atoms with Crippen LogP contribution in [0.15, 0.2) is 47.3 Å². The van der Waals surface area contributed by atoms with E-state index in [0.717, 1.165) is 28.1 Å². The normalized spacial score (nSPS) is 11.3. The van der Waals surface area contributed by atoms with Gasteiger partial charge in [-0.1, -0.05) is 35.5 Å². The van der Waals surface area contributed by atoms with Crippen LogP contribution in [0.3, 0.4) is 0 Å². The number of aryl methyl sites for hydroxylation is 2. The maximum atomic E-state index is 13.1. The van der Waals surface area contributed by atoms with Crippen LogP contribution in [0.2, 0.25) is 0 Å². The Morgan fingerprint density at radius 2 is 1.81 bits per heavy atom. The number of hydrogen-bond acceptors (Lipinski definition) is 7. The molecule has 4 N–H and O–H groups in total. The molecular formula is C20H19N10O+. The fourth-order valence-corrected chi connectivity index (χ4v) is 3.71. The van der Waals surface area contributed by atoms with Gasteiger partial charge >= 0.3 is 11.6 Å². The van der Waals surface area contributed by atoms with Crippen molar-refractivity contribution in [3.05, 3.63) is 70.2 Å². The zero-order chi connectivity index (χ0) is 21.5. The zero-order valence-corrected chi connectivity index (χ0v) is 16.9. The number of benzene rings is 1. The summed E-state index contributed by atoms with van der Waals surface area (Å²) in [6.45, 7) is 3.96. The molecule has 0 unspecified atom stereocenters. The van der Waals surface area contributed by atoms with E-state index in [1.165, 1.54) is 9.08 Å². The van der Waals surface area contributed by atoms with Crippen molar-refractivity contribution in [2.24, 2.45) is 0 Å². The molecule has 0 aliphatic carbocycles. The van der Waals surface area contributed by atoms with Crippen LogP contribution < -0.4 is 15.8 Å². The first-order chi connectivity index (χ1) is 15.0. The summed E-state index contributed by atoms with van der Waals surface area (Å²) < 4.78 is 2.73. The van der Waals surface area contributed by atoms with E-state index in [0.29, 0.717) is 17.2 Å². The van der Waals surface area contributed by atoms with Gasteiger partial charge in [-0.3, -0.25) is 4.98 Å². The Hall–Kier alpha value is -4.41. The molecule has 11 nitrogen and oxygen atoms in total. The number of aromatic amines is 2. The van der Waals surface area contributed by atoms with Crippen LogP contribution in [0, 0.1) is 13.8 Å². The molecule has 5 rings (SSSR count). The number of nitrogens with zero attached hydrogens (tertiary/aromatic N) is 7. The van der Waals surface area contributed by atoms with Gasteiger partial charge in [0.1, 0.15) is 12.2 Å². The van der Waals surface area contributed by atoms with E-state index >= 15 is 0 Å². The topological polar surface area (TPSA) is 148 Å². The number of anilines is 1. The lowest BCUT2D eigenvalue weighted by molar-refractivity contribution is -0.516. The van der Waals surface area contributed by atoms with E-state index < -0.39 is 0 Å². The van der Waals surface area contributed by atoms with Crippen molar-refractivity contribution in [3.8, 4) is 22.4 Å². The number of nitrogens with two attached hydrogens (primary N) is 1. The minimum Gasteiger partial charge on any atom is -0.319 e. The predicted molar refractivity (Wildman–Crippen MR) is 112 cm³/mol. The Balaban J connectivity index is 1.85. The highest BCUT2D eigenvalue weighted by molar-refractivity contribution is 5.88. The number of H-pyrrole nitrogens is 2. The monoisotopic (exact) mass is 415 g/mol. The van der Waals surface area contributed by atoms with Crippen LogP contribution >= 0.6 is 0 Å². The van der Waals surface area contributed by atoms with Gasteiger partial charge in [0.05, 0.1) is 5.56 Å². The third kappa shape index (κ3) is 3.21. The highest BCUT2D eigenvalue weighted by atomic mass is 16.2. The third-order valence-corrected chi connectivity index (χ3v) is 4.92. The molecule has 0 saturated heterocycles. The van der Waals surface area contributed by atoms with Crippen molar-refractivity contribution in [1.82, 2.24) is 40.4 Å². The molecule has 5 aromatic rings. The molecule has 11 heteroatoms. The van der Waals surface area contributed by atoms with Crippen LogP contribution in [0.1, 0.15) is 17.2 Å². The number of aromatic nitrogens is 9. The van der Waals surface area contributed by atoms with Crippen molar-refractivity contribution >= 4 is 11.6 Å². The number of tetrazole rings is 1. The van der Waals surface area contributed by atoms with Gasteiger partial charge in [-0.05, 0) is 31.5 Å². The van der Waals surface area contributed by atoms with Crippen LogP contribution in [-0.2, 0) is 6.54 Å². The average Bonchev–Trinajstić information content (AvgIpc) is 3.36. The van der Waals surface area contributed by atoms with Gasteiger partial charge in [-0.25, -0.2) is 9.89 Å². The average molecular weight is 415 g/mol. The van der Waals surface area contributed by atoms with Crippen molar-refractivity contribution in [2.45, 2.75) is 20.4 Å². The zero-order valence-electron chi connectivity index (χ0n) is 16.9. The molecule has 31 heavy (non-hydrogen) atoms. The van der Waals surface area contributed by atoms with Crippen molar-refractivity contribution in [1.29, 1.82) is 0 Å². The second-order valence-corrected chi connectivity index (χ2v) is 7.19. The van der Waals surface area contributed by atoms with E-state index in [4.69, 9.17) is 5.73 Å². The summed E-state index contributed by atoms with van der Waals surface area (Å²) in [5.41, 5.74) is 11.3. The molecule has 0 fully saturated rings. The first-order valence-electron chi connectivity index (χ1n) is 9.58. The molecule has 4 heterocycles. The fourth-order valence-electron chi connectivity index (χ4n) is 3.71. The van der Waals surface area contributed by atoms with Gasteiger partial charge in [0, 0.05) is 17.0 Å². The quantitative estimate of drug-likeness (QED) is 0.368. The van der Waals surface area contributed by atoms with Crippen LogP contribution in [0.4, 0.5) is 5.95 Å². The maximum Gasteiger partial charge on any atom is 0.428 e. The molecule has 4 aromatic heterocycles. The van der Waals surface area contributed by atoms with E-state index in [1.54, 1.807) is 0 Å². The second-order valence-electron chi connectivity index (χ2n) is 7.19. The highest BCUT2D eigenvalue weighted by Crippen LogP contribution is 2.33. The summed E-state index contributed by atoms with van der Waals surface area (Å²) >= 11 is 0. The molecule has 0 aliphatic rings. The molecule has 0 spiro atoms. The first-order valence-corrected chi connectivity index (χ1v) is 9.58.